The second-order valence-electron chi connectivity index (χ2n) is 6.68. The molecule has 3 atom stereocenters. The molecule has 0 spiro atoms. The number of nitrogens with one attached hydrogen (secondary N) is 2. The van der Waals surface area contributed by atoms with Crippen molar-refractivity contribution in [2.75, 3.05) is 25.0 Å². The Morgan fingerprint density at radius 1 is 1.27 bits per heavy atom. The van der Waals surface area contributed by atoms with E-state index in [-0.39, 0.29) is 11.9 Å². The number of ether oxygens (including phenoxy) is 1. The summed E-state index contributed by atoms with van der Waals surface area (Å²) in [7, 11) is 0. The average molecular weight is 305 g/mol. The van der Waals surface area contributed by atoms with Gasteiger partial charge in [-0.05, 0) is 44.5 Å². The monoisotopic (exact) mass is 305 g/mol. The van der Waals surface area contributed by atoms with Gasteiger partial charge in [-0.2, -0.15) is 0 Å². The molecule has 4 heteroatoms. The zero-order valence-electron chi connectivity index (χ0n) is 14.2. The molecule has 2 rings (SSSR count). The van der Waals surface area contributed by atoms with Gasteiger partial charge in [-0.25, -0.2) is 0 Å². The second kappa shape index (κ2) is 7.63. The number of rotatable bonds is 5. The lowest BCUT2D eigenvalue weighted by Gasteiger charge is -2.35. The van der Waals surface area contributed by atoms with Crippen molar-refractivity contribution in [1.82, 2.24) is 0 Å². The minimum Gasteiger partial charge on any atom is -0.494 e. The molecular weight excluding hydrogens is 276 g/mol. The van der Waals surface area contributed by atoms with Gasteiger partial charge in [0.05, 0.1) is 19.7 Å². The molecule has 1 aliphatic heterocycles. The lowest BCUT2D eigenvalue weighted by molar-refractivity contribution is -0.925. The Labute approximate surface area is 133 Å². The Bertz CT molecular complexity index is 476. The average Bonchev–Trinajstić information content (AvgIpc) is 2.47. The standard InChI is InChI=1S/C18H28N2O2/c1-5-22-17-8-6-16(7-9-17)19-18(21)15(4)20-11-13(2)10-14(3)12-20/h6-9,13-15H,5,10-12H2,1-4H3,(H,19,21)/p+1/t13-,14-,15+/m0/s1. The molecule has 1 heterocycles. The van der Waals surface area contributed by atoms with E-state index in [2.05, 4.69) is 19.2 Å². The summed E-state index contributed by atoms with van der Waals surface area (Å²) in [6.07, 6.45) is 1.27. The van der Waals surface area contributed by atoms with Crippen LogP contribution in [-0.2, 0) is 4.79 Å². The number of piperidine rings is 1. The van der Waals surface area contributed by atoms with E-state index in [0.29, 0.717) is 18.4 Å². The topological polar surface area (TPSA) is 42.8 Å². The predicted octanol–water partition coefficient (Wildman–Crippen LogP) is 1.97. The van der Waals surface area contributed by atoms with Gasteiger partial charge in [0.15, 0.2) is 6.04 Å². The number of hydrogen-bond donors (Lipinski definition) is 2. The zero-order valence-corrected chi connectivity index (χ0v) is 14.2. The summed E-state index contributed by atoms with van der Waals surface area (Å²) in [5.74, 6) is 2.32. The van der Waals surface area contributed by atoms with Crippen molar-refractivity contribution in [3.63, 3.8) is 0 Å². The Kier molecular flexibility index (Phi) is 5.83. The summed E-state index contributed by atoms with van der Waals surface area (Å²) in [6, 6.07) is 7.55. The van der Waals surface area contributed by atoms with Crippen molar-refractivity contribution >= 4 is 11.6 Å². The molecule has 0 unspecified atom stereocenters. The highest BCUT2D eigenvalue weighted by Gasteiger charge is 2.32. The lowest BCUT2D eigenvalue weighted by Crippen LogP contribution is -3.18. The first-order valence-electron chi connectivity index (χ1n) is 8.37. The summed E-state index contributed by atoms with van der Waals surface area (Å²) in [6.45, 7) is 11.4. The molecule has 1 saturated heterocycles. The minimum absolute atomic E-state index is 0.0169. The first-order chi connectivity index (χ1) is 10.5. The number of carbonyl (C=O) groups excluding carboxylic acids is 1. The number of hydrogen-bond acceptors (Lipinski definition) is 2. The highest BCUT2D eigenvalue weighted by molar-refractivity contribution is 5.93. The zero-order chi connectivity index (χ0) is 16.1. The molecule has 0 aliphatic carbocycles. The number of carbonyl (C=O) groups is 1. The van der Waals surface area contributed by atoms with E-state index in [1.54, 1.807) is 0 Å². The van der Waals surface area contributed by atoms with E-state index in [1.165, 1.54) is 11.3 Å². The van der Waals surface area contributed by atoms with Gasteiger partial charge in [-0.15, -0.1) is 0 Å². The molecule has 0 aromatic heterocycles. The fraction of sp³-hybridized carbons (Fsp3) is 0.611. The number of benzene rings is 1. The normalized spacial score (nSPS) is 26.3. The molecule has 1 fully saturated rings. The SMILES string of the molecule is CCOc1ccc(NC(=O)[C@@H](C)[NH+]2C[C@@H](C)C[C@H](C)C2)cc1. The third-order valence-electron chi connectivity index (χ3n) is 4.46. The molecule has 122 valence electrons. The van der Waals surface area contributed by atoms with Crippen LogP contribution in [-0.4, -0.2) is 31.6 Å². The van der Waals surface area contributed by atoms with E-state index in [9.17, 15) is 4.79 Å². The molecular formula is C18H29N2O2+. The van der Waals surface area contributed by atoms with Crippen molar-refractivity contribution in [2.45, 2.75) is 40.2 Å². The fourth-order valence-electron chi connectivity index (χ4n) is 3.42. The molecule has 0 saturated carbocycles. The molecule has 1 aromatic rings. The third kappa shape index (κ3) is 4.47. The largest absolute Gasteiger partial charge is 0.494 e. The van der Waals surface area contributed by atoms with Crippen LogP contribution < -0.4 is 15.0 Å². The van der Waals surface area contributed by atoms with Crippen LogP contribution >= 0.6 is 0 Å². The molecule has 1 amide bonds. The van der Waals surface area contributed by atoms with Crippen LogP contribution in [0.2, 0.25) is 0 Å². The maximum atomic E-state index is 12.5. The van der Waals surface area contributed by atoms with Gasteiger partial charge < -0.3 is 15.0 Å². The van der Waals surface area contributed by atoms with Crippen LogP contribution in [0.1, 0.15) is 34.1 Å². The van der Waals surface area contributed by atoms with Crippen molar-refractivity contribution in [2.24, 2.45) is 11.8 Å². The fourth-order valence-corrected chi connectivity index (χ4v) is 3.42. The molecule has 1 aliphatic rings. The summed E-state index contributed by atoms with van der Waals surface area (Å²) in [5.41, 5.74) is 0.831. The number of anilines is 1. The van der Waals surface area contributed by atoms with Crippen LogP contribution in [0.25, 0.3) is 0 Å². The van der Waals surface area contributed by atoms with Gasteiger partial charge in [0.1, 0.15) is 5.75 Å². The molecule has 1 aromatic carbocycles. The number of amides is 1. The molecule has 2 N–H and O–H groups in total. The molecule has 0 radical (unpaired) electrons. The third-order valence-corrected chi connectivity index (χ3v) is 4.46. The Hall–Kier alpha value is -1.55. The van der Waals surface area contributed by atoms with E-state index < -0.39 is 0 Å². The van der Waals surface area contributed by atoms with E-state index in [1.807, 2.05) is 38.1 Å². The summed E-state index contributed by atoms with van der Waals surface area (Å²) in [5, 5.41) is 3.02. The van der Waals surface area contributed by atoms with Crippen LogP contribution in [0.3, 0.4) is 0 Å². The maximum absolute atomic E-state index is 12.5. The van der Waals surface area contributed by atoms with Gasteiger partial charge in [0.25, 0.3) is 5.91 Å². The summed E-state index contributed by atoms with van der Waals surface area (Å²) >= 11 is 0. The van der Waals surface area contributed by atoms with Crippen molar-refractivity contribution < 1.29 is 14.4 Å². The Morgan fingerprint density at radius 3 is 2.41 bits per heavy atom. The van der Waals surface area contributed by atoms with Crippen LogP contribution in [0.5, 0.6) is 5.75 Å². The van der Waals surface area contributed by atoms with Gasteiger partial charge >= 0.3 is 0 Å². The Balaban J connectivity index is 1.93. The van der Waals surface area contributed by atoms with Crippen LogP contribution in [0.15, 0.2) is 24.3 Å². The summed E-state index contributed by atoms with van der Waals surface area (Å²) in [4.78, 5) is 13.9. The van der Waals surface area contributed by atoms with Crippen LogP contribution in [0, 0.1) is 11.8 Å². The van der Waals surface area contributed by atoms with Gasteiger partial charge in [-0.1, -0.05) is 13.8 Å². The number of likely N-dealkylation sites (tertiary alicyclic amines) is 1. The Morgan fingerprint density at radius 2 is 1.86 bits per heavy atom. The van der Waals surface area contributed by atoms with Gasteiger partial charge in [0.2, 0.25) is 0 Å². The highest BCUT2D eigenvalue weighted by Crippen LogP contribution is 2.16. The van der Waals surface area contributed by atoms with Crippen molar-refractivity contribution in [3.8, 4) is 5.75 Å². The summed E-state index contributed by atoms with van der Waals surface area (Å²) < 4.78 is 5.42. The van der Waals surface area contributed by atoms with Gasteiger partial charge in [-0.3, -0.25) is 4.79 Å². The van der Waals surface area contributed by atoms with Crippen molar-refractivity contribution in [1.29, 1.82) is 0 Å². The number of quaternary nitrogens is 1. The highest BCUT2D eigenvalue weighted by atomic mass is 16.5. The lowest BCUT2D eigenvalue weighted by atomic mass is 9.91. The maximum Gasteiger partial charge on any atom is 0.282 e. The first-order valence-corrected chi connectivity index (χ1v) is 8.37. The quantitative estimate of drug-likeness (QED) is 0.873. The van der Waals surface area contributed by atoms with Crippen molar-refractivity contribution in [3.05, 3.63) is 24.3 Å². The first kappa shape index (κ1) is 16.8. The van der Waals surface area contributed by atoms with Crippen LogP contribution in [0.4, 0.5) is 5.69 Å². The predicted molar refractivity (Wildman–Crippen MR) is 89.3 cm³/mol. The smallest absolute Gasteiger partial charge is 0.282 e. The van der Waals surface area contributed by atoms with E-state index in [4.69, 9.17) is 4.74 Å². The molecule has 0 bridgehead atoms. The molecule has 22 heavy (non-hydrogen) atoms. The van der Waals surface area contributed by atoms with Gasteiger partial charge in [0, 0.05) is 17.5 Å². The van der Waals surface area contributed by atoms with E-state index >= 15 is 0 Å². The second-order valence-corrected chi connectivity index (χ2v) is 6.68. The molecule has 4 nitrogen and oxygen atoms in total. The minimum atomic E-state index is -0.0169. The van der Waals surface area contributed by atoms with E-state index in [0.717, 1.165) is 24.5 Å².